The summed E-state index contributed by atoms with van der Waals surface area (Å²) in [5.41, 5.74) is 3.07. The van der Waals surface area contributed by atoms with Crippen molar-refractivity contribution in [2.45, 2.75) is 45.7 Å². The topological polar surface area (TPSA) is 41.6 Å². The third kappa shape index (κ3) is 5.35. The zero-order valence-electron chi connectivity index (χ0n) is 17.3. The van der Waals surface area contributed by atoms with Crippen LogP contribution < -0.4 is 10.1 Å². The van der Waals surface area contributed by atoms with Gasteiger partial charge in [0.1, 0.15) is 5.75 Å². The summed E-state index contributed by atoms with van der Waals surface area (Å²) in [6.45, 7) is 7.73. The average molecular weight is 381 g/mol. The third-order valence-corrected chi connectivity index (χ3v) is 5.73. The minimum absolute atomic E-state index is 0.00609. The molecular formula is C24H32N2O2. The Morgan fingerprint density at radius 1 is 1.11 bits per heavy atom. The highest BCUT2D eigenvalue weighted by atomic mass is 16.5. The second kappa shape index (κ2) is 9.74. The number of methoxy groups -OCH3 is 1. The van der Waals surface area contributed by atoms with Gasteiger partial charge in [0.25, 0.3) is 5.91 Å². The first kappa shape index (κ1) is 20.4. The lowest BCUT2D eigenvalue weighted by molar-refractivity contribution is 0.0935. The summed E-state index contributed by atoms with van der Waals surface area (Å²) < 4.78 is 5.21. The number of carbonyl (C=O) groups is 1. The molecule has 4 nitrogen and oxygen atoms in total. The quantitative estimate of drug-likeness (QED) is 0.750. The van der Waals surface area contributed by atoms with Crippen LogP contribution in [0.25, 0.3) is 0 Å². The Bertz CT molecular complexity index is 747. The molecule has 0 unspecified atom stereocenters. The normalized spacial score (nSPS) is 16.5. The smallest absolute Gasteiger partial charge is 0.251 e. The number of hydrogen-bond acceptors (Lipinski definition) is 3. The van der Waals surface area contributed by atoms with E-state index >= 15 is 0 Å². The number of rotatable bonds is 7. The second-order valence-electron chi connectivity index (χ2n) is 7.86. The highest BCUT2D eigenvalue weighted by Crippen LogP contribution is 2.21. The second-order valence-corrected chi connectivity index (χ2v) is 7.86. The molecule has 1 N–H and O–H groups in total. The van der Waals surface area contributed by atoms with E-state index in [-0.39, 0.29) is 11.9 Å². The number of amides is 1. The van der Waals surface area contributed by atoms with Crippen LogP contribution in [0.15, 0.2) is 48.5 Å². The first-order valence-electron chi connectivity index (χ1n) is 10.3. The van der Waals surface area contributed by atoms with Gasteiger partial charge in [-0.1, -0.05) is 38.1 Å². The van der Waals surface area contributed by atoms with Crippen LogP contribution in [0.1, 0.15) is 60.6 Å². The van der Waals surface area contributed by atoms with Gasteiger partial charge in [-0.15, -0.1) is 0 Å². The predicted molar refractivity (Wildman–Crippen MR) is 114 cm³/mol. The van der Waals surface area contributed by atoms with E-state index in [2.05, 4.69) is 36.2 Å². The molecule has 0 aromatic heterocycles. The molecule has 2 aromatic rings. The molecule has 0 radical (unpaired) electrons. The zero-order chi connectivity index (χ0) is 19.9. The minimum Gasteiger partial charge on any atom is -0.497 e. The van der Waals surface area contributed by atoms with Crippen molar-refractivity contribution in [3.8, 4) is 5.75 Å². The fourth-order valence-corrected chi connectivity index (χ4v) is 3.74. The predicted octanol–water partition coefficient (Wildman–Crippen LogP) is 4.81. The van der Waals surface area contributed by atoms with Crippen LogP contribution in [0.5, 0.6) is 5.75 Å². The maximum atomic E-state index is 12.7. The highest BCUT2D eigenvalue weighted by molar-refractivity contribution is 5.94. The highest BCUT2D eigenvalue weighted by Gasteiger charge is 2.17. The molecule has 150 valence electrons. The molecule has 0 bridgehead atoms. The molecule has 1 aliphatic heterocycles. The SMILES string of the molecule is CC[C@@H](NC(=O)c1ccc(CN2CCC(C)CC2)cc1)c1ccc(OC)cc1. The van der Waals surface area contributed by atoms with Gasteiger partial charge in [0.15, 0.2) is 0 Å². The van der Waals surface area contributed by atoms with Crippen molar-refractivity contribution in [2.75, 3.05) is 20.2 Å². The summed E-state index contributed by atoms with van der Waals surface area (Å²) >= 11 is 0. The van der Waals surface area contributed by atoms with E-state index in [0.717, 1.165) is 30.2 Å². The summed E-state index contributed by atoms with van der Waals surface area (Å²) in [6.07, 6.45) is 3.40. The molecule has 1 fully saturated rings. The van der Waals surface area contributed by atoms with Crippen LogP contribution >= 0.6 is 0 Å². The molecule has 1 heterocycles. The summed E-state index contributed by atoms with van der Waals surface area (Å²) in [6, 6.07) is 15.9. The molecule has 3 rings (SSSR count). The van der Waals surface area contributed by atoms with Gasteiger partial charge >= 0.3 is 0 Å². The van der Waals surface area contributed by atoms with Gasteiger partial charge in [0.05, 0.1) is 13.2 Å². The average Bonchev–Trinajstić information content (AvgIpc) is 2.74. The standard InChI is InChI=1S/C24H32N2O2/c1-4-23(20-9-11-22(28-3)12-10-20)25-24(27)21-7-5-19(6-8-21)17-26-15-13-18(2)14-16-26/h5-12,18,23H,4,13-17H2,1-3H3,(H,25,27)/t23-/m1/s1. The molecule has 1 atom stereocenters. The van der Waals surface area contributed by atoms with Crippen molar-refractivity contribution in [1.29, 1.82) is 0 Å². The summed E-state index contributed by atoms with van der Waals surface area (Å²) in [4.78, 5) is 15.2. The lowest BCUT2D eigenvalue weighted by Gasteiger charge is -2.30. The lowest BCUT2D eigenvalue weighted by Crippen LogP contribution is -2.32. The van der Waals surface area contributed by atoms with Crippen LogP contribution in [0.3, 0.4) is 0 Å². The van der Waals surface area contributed by atoms with Gasteiger partial charge in [-0.2, -0.15) is 0 Å². The molecule has 0 spiro atoms. The number of piperidine rings is 1. The summed E-state index contributed by atoms with van der Waals surface area (Å²) in [5, 5.41) is 3.15. The maximum Gasteiger partial charge on any atom is 0.251 e. The van der Waals surface area contributed by atoms with Gasteiger partial charge in [-0.05, 0) is 73.7 Å². The molecule has 1 aliphatic rings. The molecule has 1 saturated heterocycles. The Hall–Kier alpha value is -2.33. The van der Waals surface area contributed by atoms with Gasteiger partial charge in [0, 0.05) is 12.1 Å². The van der Waals surface area contributed by atoms with E-state index in [1.807, 2.05) is 36.4 Å². The van der Waals surface area contributed by atoms with Crippen molar-refractivity contribution in [2.24, 2.45) is 5.92 Å². The summed E-state index contributed by atoms with van der Waals surface area (Å²) in [5.74, 6) is 1.64. The first-order chi connectivity index (χ1) is 13.6. The number of likely N-dealkylation sites (tertiary alicyclic amines) is 1. The largest absolute Gasteiger partial charge is 0.497 e. The molecule has 1 amide bonds. The lowest BCUT2D eigenvalue weighted by atomic mass is 9.98. The van der Waals surface area contributed by atoms with Crippen molar-refractivity contribution in [3.05, 3.63) is 65.2 Å². The van der Waals surface area contributed by atoms with Crippen molar-refractivity contribution in [3.63, 3.8) is 0 Å². The van der Waals surface area contributed by atoms with Crippen LogP contribution in [0, 0.1) is 5.92 Å². The molecule has 28 heavy (non-hydrogen) atoms. The molecular weight excluding hydrogens is 348 g/mol. The van der Waals surface area contributed by atoms with Crippen LogP contribution in [0.2, 0.25) is 0 Å². The van der Waals surface area contributed by atoms with E-state index in [0.29, 0.717) is 5.56 Å². The monoisotopic (exact) mass is 380 g/mol. The van der Waals surface area contributed by atoms with Crippen molar-refractivity contribution in [1.82, 2.24) is 10.2 Å². The fourth-order valence-electron chi connectivity index (χ4n) is 3.74. The van der Waals surface area contributed by atoms with Crippen molar-refractivity contribution >= 4 is 5.91 Å². The number of benzene rings is 2. The van der Waals surface area contributed by atoms with E-state index in [1.54, 1.807) is 7.11 Å². The molecule has 2 aromatic carbocycles. The number of ether oxygens (including phenoxy) is 1. The number of hydrogen-bond donors (Lipinski definition) is 1. The molecule has 0 saturated carbocycles. The van der Waals surface area contributed by atoms with Gasteiger partial charge in [-0.3, -0.25) is 9.69 Å². The van der Waals surface area contributed by atoms with Crippen molar-refractivity contribution < 1.29 is 9.53 Å². The summed E-state index contributed by atoms with van der Waals surface area (Å²) in [7, 11) is 1.66. The van der Waals surface area contributed by atoms with Crippen LogP contribution in [-0.2, 0) is 6.54 Å². The number of nitrogens with one attached hydrogen (secondary N) is 1. The Balaban J connectivity index is 1.58. The van der Waals surface area contributed by atoms with Gasteiger partial charge in [-0.25, -0.2) is 0 Å². The Kier molecular flexibility index (Phi) is 7.10. The van der Waals surface area contributed by atoms with Crippen LogP contribution in [-0.4, -0.2) is 31.0 Å². The number of carbonyl (C=O) groups excluding carboxylic acids is 1. The Labute approximate surface area is 168 Å². The molecule has 0 aliphatic carbocycles. The zero-order valence-corrected chi connectivity index (χ0v) is 17.3. The van der Waals surface area contributed by atoms with Gasteiger partial charge in [0.2, 0.25) is 0 Å². The van der Waals surface area contributed by atoms with E-state index in [1.165, 1.54) is 31.5 Å². The van der Waals surface area contributed by atoms with E-state index < -0.39 is 0 Å². The van der Waals surface area contributed by atoms with Gasteiger partial charge < -0.3 is 10.1 Å². The van der Waals surface area contributed by atoms with E-state index in [9.17, 15) is 4.79 Å². The first-order valence-corrected chi connectivity index (χ1v) is 10.3. The Morgan fingerprint density at radius 3 is 2.32 bits per heavy atom. The van der Waals surface area contributed by atoms with E-state index in [4.69, 9.17) is 4.74 Å². The number of nitrogens with zero attached hydrogens (tertiary/aromatic N) is 1. The minimum atomic E-state index is -0.0268. The Morgan fingerprint density at radius 2 is 1.75 bits per heavy atom. The molecule has 4 heteroatoms. The third-order valence-electron chi connectivity index (χ3n) is 5.73. The van der Waals surface area contributed by atoms with Crippen LogP contribution in [0.4, 0.5) is 0 Å². The maximum absolute atomic E-state index is 12.7. The fraction of sp³-hybridized carbons (Fsp3) is 0.458.